The van der Waals surface area contributed by atoms with Gasteiger partial charge >= 0.3 is 0 Å². The van der Waals surface area contributed by atoms with Gasteiger partial charge in [0.1, 0.15) is 0 Å². The van der Waals surface area contributed by atoms with Gasteiger partial charge in [-0.3, -0.25) is 10.1 Å². The van der Waals surface area contributed by atoms with E-state index in [-0.39, 0.29) is 4.92 Å². The SMILES string of the molecule is [CH2]CCCCCCC(CCC[C]1OC2CC3CC(O1)C2C3)[N+](=O)[O-]. The fourth-order valence-corrected chi connectivity index (χ4v) is 4.72. The van der Waals surface area contributed by atoms with Gasteiger partial charge in [-0.15, -0.1) is 0 Å². The summed E-state index contributed by atoms with van der Waals surface area (Å²) in [6, 6.07) is -0.416. The number of ether oxygens (including phenoxy) is 2. The lowest BCUT2D eigenvalue weighted by atomic mass is 9.93. The molecule has 24 heavy (non-hydrogen) atoms. The smallest absolute Gasteiger partial charge is 0.224 e. The molecule has 0 spiro atoms. The van der Waals surface area contributed by atoms with Crippen molar-refractivity contribution in [3.8, 4) is 0 Å². The second-order valence-electron chi connectivity index (χ2n) is 7.81. The molecule has 2 saturated carbocycles. The van der Waals surface area contributed by atoms with E-state index in [2.05, 4.69) is 6.92 Å². The first-order valence-electron chi connectivity index (χ1n) is 9.79. The lowest BCUT2D eigenvalue weighted by Crippen LogP contribution is -2.41. The summed E-state index contributed by atoms with van der Waals surface area (Å²) in [6.45, 7) is 3.83. The van der Waals surface area contributed by atoms with Gasteiger partial charge in [-0.1, -0.05) is 32.6 Å². The molecule has 2 aliphatic carbocycles. The van der Waals surface area contributed by atoms with Crippen molar-refractivity contribution in [3.63, 3.8) is 0 Å². The Morgan fingerprint density at radius 1 is 1.04 bits per heavy atom. The molecule has 1 heterocycles. The molecular weight excluding hydrogens is 306 g/mol. The molecular formula is C19H31NO4. The molecule has 0 N–H and O–H groups in total. The van der Waals surface area contributed by atoms with Crippen molar-refractivity contribution in [1.29, 1.82) is 0 Å². The highest BCUT2D eigenvalue weighted by Crippen LogP contribution is 2.52. The predicted molar refractivity (Wildman–Crippen MR) is 91.5 cm³/mol. The van der Waals surface area contributed by atoms with Crippen molar-refractivity contribution in [1.82, 2.24) is 0 Å². The number of unbranched alkanes of at least 4 members (excludes halogenated alkanes) is 4. The molecule has 3 fully saturated rings. The van der Waals surface area contributed by atoms with E-state index in [0.29, 0.717) is 31.0 Å². The highest BCUT2D eigenvalue weighted by atomic mass is 16.7. The number of hydrogen-bond donors (Lipinski definition) is 0. The summed E-state index contributed by atoms with van der Waals surface area (Å²) < 4.78 is 12.0. The lowest BCUT2D eigenvalue weighted by Gasteiger charge is -2.39. The maximum absolute atomic E-state index is 11.2. The standard InChI is InChI=1S/C19H31NO4/c1-2-3-4-5-6-8-15(20(21)22)9-7-10-19-23-17-12-14-11-16(17)18(13-14)24-19/h14-18H,1-13H2. The molecule has 5 heteroatoms. The number of fused-ring (bicyclic) bond motifs is 1. The minimum Gasteiger partial charge on any atom is -0.342 e. The van der Waals surface area contributed by atoms with Gasteiger partial charge < -0.3 is 9.47 Å². The van der Waals surface area contributed by atoms with E-state index in [9.17, 15) is 10.1 Å². The third kappa shape index (κ3) is 4.48. The first kappa shape index (κ1) is 18.1. The van der Waals surface area contributed by atoms with Gasteiger partial charge in [-0.05, 0) is 38.0 Å². The number of rotatable bonds is 11. The molecule has 0 amide bonds. The number of nitro groups is 1. The minimum absolute atomic E-state index is 0.0991. The van der Waals surface area contributed by atoms with Crippen LogP contribution in [-0.4, -0.2) is 23.2 Å². The zero-order valence-corrected chi connectivity index (χ0v) is 14.7. The largest absolute Gasteiger partial charge is 0.342 e. The second kappa shape index (κ2) is 8.61. The van der Waals surface area contributed by atoms with Crippen molar-refractivity contribution in [2.24, 2.45) is 11.8 Å². The van der Waals surface area contributed by atoms with Crippen LogP contribution < -0.4 is 0 Å². The summed E-state index contributed by atoms with van der Waals surface area (Å²) in [6.07, 6.45) is 13.2. The lowest BCUT2D eigenvalue weighted by molar-refractivity contribution is -0.524. The average molecular weight is 337 g/mol. The predicted octanol–water partition coefficient (Wildman–Crippen LogP) is 4.68. The summed E-state index contributed by atoms with van der Waals surface area (Å²) in [5.74, 6) is 1.40. The Bertz CT molecular complexity index is 400. The summed E-state index contributed by atoms with van der Waals surface area (Å²) in [5, 5.41) is 11.2. The monoisotopic (exact) mass is 337 g/mol. The normalized spacial score (nSPS) is 33.0. The highest BCUT2D eigenvalue weighted by molar-refractivity contribution is 5.01. The highest BCUT2D eigenvalue weighted by Gasteiger charge is 2.52. The number of nitrogens with zero attached hydrogens (tertiary/aromatic N) is 1. The molecule has 0 aromatic carbocycles. The van der Waals surface area contributed by atoms with Gasteiger partial charge in [0, 0.05) is 30.1 Å². The summed E-state index contributed by atoms with van der Waals surface area (Å²) in [4.78, 5) is 11.1. The number of hydrogen-bond acceptors (Lipinski definition) is 4. The van der Waals surface area contributed by atoms with Crippen molar-refractivity contribution in [2.45, 2.75) is 95.3 Å². The van der Waals surface area contributed by atoms with E-state index in [1.807, 2.05) is 0 Å². The fraction of sp³-hybridized carbons (Fsp3) is 0.895. The van der Waals surface area contributed by atoms with Crippen LogP contribution in [0.5, 0.6) is 0 Å². The van der Waals surface area contributed by atoms with Crippen LogP contribution in [0.25, 0.3) is 0 Å². The minimum atomic E-state index is -0.416. The van der Waals surface area contributed by atoms with Crippen molar-refractivity contribution < 1.29 is 14.4 Å². The molecule has 0 aromatic rings. The van der Waals surface area contributed by atoms with Crippen LogP contribution in [0.15, 0.2) is 0 Å². The molecule has 1 saturated heterocycles. The first-order chi connectivity index (χ1) is 11.7. The zero-order valence-electron chi connectivity index (χ0n) is 14.7. The van der Waals surface area contributed by atoms with Crippen LogP contribution in [0.2, 0.25) is 0 Å². The molecule has 0 aromatic heterocycles. The van der Waals surface area contributed by atoms with E-state index in [1.165, 1.54) is 19.3 Å². The van der Waals surface area contributed by atoms with E-state index in [4.69, 9.17) is 9.47 Å². The van der Waals surface area contributed by atoms with Gasteiger partial charge in [0.2, 0.25) is 12.3 Å². The van der Waals surface area contributed by atoms with Gasteiger partial charge in [0.15, 0.2) is 0 Å². The molecule has 1 aliphatic heterocycles. The Kier molecular flexibility index (Phi) is 6.50. The van der Waals surface area contributed by atoms with Gasteiger partial charge in [-0.25, -0.2) is 0 Å². The van der Waals surface area contributed by atoms with Crippen LogP contribution in [-0.2, 0) is 9.47 Å². The van der Waals surface area contributed by atoms with Gasteiger partial charge in [-0.2, -0.15) is 0 Å². The Morgan fingerprint density at radius 2 is 1.71 bits per heavy atom. The summed E-state index contributed by atoms with van der Waals surface area (Å²) in [5.41, 5.74) is 0. The summed E-state index contributed by atoms with van der Waals surface area (Å²) >= 11 is 0. The van der Waals surface area contributed by atoms with Crippen molar-refractivity contribution in [3.05, 3.63) is 23.3 Å². The van der Waals surface area contributed by atoms with Crippen LogP contribution in [0.1, 0.15) is 77.0 Å². The molecule has 136 valence electrons. The van der Waals surface area contributed by atoms with E-state index in [1.54, 1.807) is 0 Å². The quantitative estimate of drug-likeness (QED) is 0.312. The van der Waals surface area contributed by atoms with E-state index >= 15 is 0 Å². The molecule has 3 rings (SSSR count). The van der Waals surface area contributed by atoms with Crippen LogP contribution >= 0.6 is 0 Å². The molecule has 3 unspecified atom stereocenters. The Morgan fingerprint density at radius 3 is 2.33 bits per heavy atom. The van der Waals surface area contributed by atoms with Crippen molar-refractivity contribution in [2.75, 3.05) is 0 Å². The average Bonchev–Trinajstić information content (AvgIpc) is 3.12. The third-order valence-electron chi connectivity index (χ3n) is 6.01. The molecule has 3 aliphatic rings. The topological polar surface area (TPSA) is 61.6 Å². The third-order valence-corrected chi connectivity index (χ3v) is 6.01. The zero-order chi connectivity index (χ0) is 16.9. The molecule has 5 nitrogen and oxygen atoms in total. The Labute approximate surface area is 145 Å². The first-order valence-corrected chi connectivity index (χ1v) is 9.79. The van der Waals surface area contributed by atoms with Gasteiger partial charge in [0.05, 0.1) is 12.2 Å². The molecule has 3 atom stereocenters. The van der Waals surface area contributed by atoms with E-state index in [0.717, 1.165) is 57.2 Å². The molecule has 2 bridgehead atoms. The Hall–Kier alpha value is -0.680. The van der Waals surface area contributed by atoms with Crippen LogP contribution in [0.4, 0.5) is 0 Å². The second-order valence-corrected chi connectivity index (χ2v) is 7.81. The fourth-order valence-electron chi connectivity index (χ4n) is 4.72. The van der Waals surface area contributed by atoms with Gasteiger partial charge in [0.25, 0.3) is 0 Å². The van der Waals surface area contributed by atoms with E-state index < -0.39 is 6.04 Å². The van der Waals surface area contributed by atoms with Crippen LogP contribution in [0.3, 0.4) is 0 Å². The summed E-state index contributed by atoms with van der Waals surface area (Å²) in [7, 11) is 0. The molecule has 2 radical (unpaired) electrons. The maximum atomic E-state index is 11.2. The van der Waals surface area contributed by atoms with Crippen molar-refractivity contribution >= 4 is 0 Å². The Balaban J connectivity index is 1.32. The van der Waals surface area contributed by atoms with Crippen LogP contribution in [0, 0.1) is 35.2 Å². The maximum Gasteiger partial charge on any atom is 0.224 e.